The van der Waals surface area contributed by atoms with Gasteiger partial charge in [0.05, 0.1) is 13.7 Å². The maximum atomic E-state index is 5.35. The van der Waals surface area contributed by atoms with Crippen molar-refractivity contribution in [2.24, 2.45) is 4.99 Å². The standard InChI is InChI=1S/C22H27N7O.HI/c1-23-22(24-16-21-26-25-17-29(21)18-7-4-3-5-8-18)28-13-11-27(12-14-28)19-9-6-10-20(15-19)30-2;/h3-10,15,17H,11-14,16H2,1-2H3,(H,23,24);1H. The molecule has 0 spiro atoms. The van der Waals surface area contributed by atoms with Gasteiger partial charge in [0.1, 0.15) is 12.1 Å². The third-order valence-corrected chi connectivity index (χ3v) is 5.27. The summed E-state index contributed by atoms with van der Waals surface area (Å²) in [5.41, 5.74) is 2.23. The molecule has 0 aliphatic carbocycles. The second kappa shape index (κ2) is 11.0. The van der Waals surface area contributed by atoms with E-state index in [1.54, 1.807) is 13.4 Å². The van der Waals surface area contributed by atoms with E-state index in [-0.39, 0.29) is 24.0 Å². The number of aliphatic imine (C=N–C) groups is 1. The molecule has 1 aliphatic heterocycles. The molecule has 1 fully saturated rings. The molecule has 0 saturated carbocycles. The van der Waals surface area contributed by atoms with E-state index in [9.17, 15) is 0 Å². The average Bonchev–Trinajstić information content (AvgIpc) is 3.29. The van der Waals surface area contributed by atoms with Crippen molar-refractivity contribution in [3.63, 3.8) is 0 Å². The number of piperazine rings is 1. The Morgan fingerprint density at radius 1 is 1.03 bits per heavy atom. The first-order valence-electron chi connectivity index (χ1n) is 10.1. The van der Waals surface area contributed by atoms with Crippen molar-refractivity contribution in [1.29, 1.82) is 0 Å². The molecule has 1 saturated heterocycles. The fourth-order valence-corrected chi connectivity index (χ4v) is 3.66. The largest absolute Gasteiger partial charge is 0.497 e. The Labute approximate surface area is 200 Å². The molecule has 0 bridgehead atoms. The van der Waals surface area contributed by atoms with Crippen LogP contribution in [-0.2, 0) is 6.54 Å². The van der Waals surface area contributed by atoms with E-state index in [0.717, 1.165) is 49.4 Å². The molecule has 0 radical (unpaired) electrons. The molecule has 31 heavy (non-hydrogen) atoms. The van der Waals surface area contributed by atoms with Crippen molar-refractivity contribution in [2.45, 2.75) is 6.54 Å². The number of halogens is 1. The number of anilines is 1. The summed E-state index contributed by atoms with van der Waals surface area (Å²) in [6.45, 7) is 4.18. The first kappa shape index (κ1) is 22.9. The van der Waals surface area contributed by atoms with E-state index < -0.39 is 0 Å². The number of methoxy groups -OCH3 is 1. The Bertz CT molecular complexity index is 984. The second-order valence-corrected chi connectivity index (χ2v) is 7.03. The maximum Gasteiger partial charge on any atom is 0.194 e. The second-order valence-electron chi connectivity index (χ2n) is 7.03. The molecule has 9 heteroatoms. The molecule has 2 heterocycles. The monoisotopic (exact) mass is 533 g/mol. The molecule has 0 amide bonds. The summed E-state index contributed by atoms with van der Waals surface area (Å²) in [5.74, 6) is 2.61. The molecular weight excluding hydrogens is 505 g/mol. The van der Waals surface area contributed by atoms with Crippen LogP contribution in [0.15, 0.2) is 65.9 Å². The number of hydrogen-bond acceptors (Lipinski definition) is 5. The van der Waals surface area contributed by atoms with Crippen molar-refractivity contribution in [1.82, 2.24) is 25.0 Å². The molecular formula is C22H28IN7O. The van der Waals surface area contributed by atoms with Gasteiger partial charge in [-0.05, 0) is 24.3 Å². The normalized spacial score (nSPS) is 14.2. The maximum absolute atomic E-state index is 5.35. The summed E-state index contributed by atoms with van der Waals surface area (Å²) in [7, 11) is 3.52. The number of benzene rings is 2. The third kappa shape index (κ3) is 5.46. The van der Waals surface area contributed by atoms with Crippen LogP contribution in [0, 0.1) is 0 Å². The molecule has 4 rings (SSSR count). The zero-order valence-electron chi connectivity index (χ0n) is 17.8. The molecule has 1 aromatic heterocycles. The number of nitrogens with zero attached hydrogens (tertiary/aromatic N) is 6. The van der Waals surface area contributed by atoms with Gasteiger partial charge in [0.15, 0.2) is 11.8 Å². The van der Waals surface area contributed by atoms with Gasteiger partial charge in [0, 0.05) is 50.7 Å². The van der Waals surface area contributed by atoms with Gasteiger partial charge in [-0.15, -0.1) is 34.2 Å². The van der Waals surface area contributed by atoms with Crippen molar-refractivity contribution in [2.75, 3.05) is 45.2 Å². The smallest absolute Gasteiger partial charge is 0.194 e. The van der Waals surface area contributed by atoms with E-state index in [1.165, 1.54) is 5.69 Å². The SMILES string of the molecule is CN=C(NCc1nncn1-c1ccccc1)N1CCN(c2cccc(OC)c2)CC1.I. The van der Waals surface area contributed by atoms with Gasteiger partial charge in [-0.1, -0.05) is 24.3 Å². The lowest BCUT2D eigenvalue weighted by molar-refractivity contribution is 0.371. The van der Waals surface area contributed by atoms with Gasteiger partial charge in [0.2, 0.25) is 0 Å². The fraction of sp³-hybridized carbons (Fsp3) is 0.318. The first-order chi connectivity index (χ1) is 14.8. The van der Waals surface area contributed by atoms with Crippen molar-refractivity contribution >= 4 is 35.6 Å². The van der Waals surface area contributed by atoms with Gasteiger partial charge >= 0.3 is 0 Å². The van der Waals surface area contributed by atoms with Crippen molar-refractivity contribution < 1.29 is 4.74 Å². The Balaban J connectivity index is 0.00000272. The predicted octanol–water partition coefficient (Wildman–Crippen LogP) is 2.79. The van der Waals surface area contributed by atoms with Crippen LogP contribution in [0.5, 0.6) is 5.75 Å². The highest BCUT2D eigenvalue weighted by Gasteiger charge is 2.20. The number of rotatable bonds is 5. The molecule has 2 aromatic carbocycles. The Morgan fingerprint density at radius 3 is 2.48 bits per heavy atom. The topological polar surface area (TPSA) is 70.8 Å². The summed E-state index contributed by atoms with van der Waals surface area (Å²) in [4.78, 5) is 9.13. The first-order valence-corrected chi connectivity index (χ1v) is 10.1. The Morgan fingerprint density at radius 2 is 1.77 bits per heavy atom. The number of nitrogens with one attached hydrogen (secondary N) is 1. The van der Waals surface area contributed by atoms with Crippen molar-refractivity contribution in [3.8, 4) is 11.4 Å². The highest BCUT2D eigenvalue weighted by atomic mass is 127. The van der Waals surface area contributed by atoms with E-state index in [2.05, 4.69) is 42.4 Å². The van der Waals surface area contributed by atoms with Crippen LogP contribution in [-0.4, -0.2) is 66.0 Å². The van der Waals surface area contributed by atoms with Gasteiger partial charge < -0.3 is 19.9 Å². The molecule has 0 unspecified atom stereocenters. The predicted molar refractivity (Wildman–Crippen MR) is 134 cm³/mol. The zero-order valence-corrected chi connectivity index (χ0v) is 20.1. The van der Waals surface area contributed by atoms with Crippen LogP contribution < -0.4 is 15.0 Å². The minimum atomic E-state index is 0. The van der Waals surface area contributed by atoms with E-state index in [0.29, 0.717) is 6.54 Å². The quantitative estimate of drug-likeness (QED) is 0.309. The molecule has 0 atom stereocenters. The lowest BCUT2D eigenvalue weighted by atomic mass is 10.2. The highest BCUT2D eigenvalue weighted by molar-refractivity contribution is 14.0. The lowest BCUT2D eigenvalue weighted by Gasteiger charge is -2.37. The van der Waals surface area contributed by atoms with Crippen LogP contribution in [0.2, 0.25) is 0 Å². The summed E-state index contributed by atoms with van der Waals surface area (Å²) in [6.07, 6.45) is 1.74. The van der Waals surface area contributed by atoms with Crippen LogP contribution in [0.25, 0.3) is 5.69 Å². The summed E-state index contributed by atoms with van der Waals surface area (Å²) in [6, 6.07) is 18.3. The molecule has 3 aromatic rings. The molecule has 1 aliphatic rings. The Hall–Kier alpha value is -2.82. The van der Waals surface area contributed by atoms with Gasteiger partial charge in [0.25, 0.3) is 0 Å². The van der Waals surface area contributed by atoms with E-state index in [1.807, 2.05) is 54.1 Å². The number of hydrogen-bond donors (Lipinski definition) is 1. The van der Waals surface area contributed by atoms with E-state index in [4.69, 9.17) is 4.74 Å². The van der Waals surface area contributed by atoms with Crippen LogP contribution >= 0.6 is 24.0 Å². The van der Waals surface area contributed by atoms with Crippen molar-refractivity contribution in [3.05, 3.63) is 66.7 Å². The molecule has 8 nitrogen and oxygen atoms in total. The van der Waals surface area contributed by atoms with E-state index >= 15 is 0 Å². The van der Waals surface area contributed by atoms with Crippen LogP contribution in [0.4, 0.5) is 5.69 Å². The number of guanidine groups is 1. The minimum Gasteiger partial charge on any atom is -0.497 e. The number of ether oxygens (including phenoxy) is 1. The molecule has 1 N–H and O–H groups in total. The highest BCUT2D eigenvalue weighted by Crippen LogP contribution is 2.22. The summed E-state index contributed by atoms with van der Waals surface area (Å²) < 4.78 is 7.34. The van der Waals surface area contributed by atoms with Crippen LogP contribution in [0.1, 0.15) is 5.82 Å². The number of aromatic nitrogens is 3. The Kier molecular flexibility index (Phi) is 8.10. The number of para-hydroxylation sites is 1. The average molecular weight is 533 g/mol. The zero-order chi connectivity index (χ0) is 20.8. The van der Waals surface area contributed by atoms with Gasteiger partial charge in [-0.3, -0.25) is 9.56 Å². The van der Waals surface area contributed by atoms with Gasteiger partial charge in [-0.25, -0.2) is 0 Å². The summed E-state index contributed by atoms with van der Waals surface area (Å²) >= 11 is 0. The fourth-order valence-electron chi connectivity index (χ4n) is 3.66. The minimum absolute atomic E-state index is 0. The lowest BCUT2D eigenvalue weighted by Crippen LogP contribution is -2.52. The van der Waals surface area contributed by atoms with Gasteiger partial charge in [-0.2, -0.15) is 0 Å². The third-order valence-electron chi connectivity index (χ3n) is 5.27. The summed E-state index contributed by atoms with van der Waals surface area (Å²) in [5, 5.41) is 11.8. The molecule has 164 valence electrons. The van der Waals surface area contributed by atoms with Crippen LogP contribution in [0.3, 0.4) is 0 Å².